The molecule has 88 valence electrons. The SMILES string of the molecule is OCC1(CN2CCCC(F)(F)C2)CCC1. The lowest BCUT2D eigenvalue weighted by Gasteiger charge is -2.45. The predicted molar refractivity (Wildman–Crippen MR) is 54.0 cm³/mol. The highest BCUT2D eigenvalue weighted by atomic mass is 19.3. The van der Waals surface area contributed by atoms with E-state index in [1.165, 1.54) is 0 Å². The molecule has 0 unspecified atom stereocenters. The van der Waals surface area contributed by atoms with Crippen molar-refractivity contribution < 1.29 is 13.9 Å². The lowest BCUT2D eigenvalue weighted by atomic mass is 9.69. The fraction of sp³-hybridized carbons (Fsp3) is 1.00. The fourth-order valence-corrected chi connectivity index (χ4v) is 2.70. The highest BCUT2D eigenvalue weighted by molar-refractivity contribution is 4.92. The lowest BCUT2D eigenvalue weighted by Crippen LogP contribution is -2.50. The number of rotatable bonds is 3. The molecule has 0 bridgehead atoms. The third-order valence-electron chi connectivity index (χ3n) is 3.78. The molecule has 0 aromatic carbocycles. The van der Waals surface area contributed by atoms with Crippen LogP contribution in [-0.2, 0) is 0 Å². The standard InChI is InChI=1S/C11H19F2NO/c12-11(13)5-2-6-14(8-11)7-10(9-15)3-1-4-10/h15H,1-9H2. The zero-order valence-electron chi connectivity index (χ0n) is 9.01. The summed E-state index contributed by atoms with van der Waals surface area (Å²) in [7, 11) is 0. The average molecular weight is 219 g/mol. The Morgan fingerprint density at radius 2 is 1.87 bits per heavy atom. The van der Waals surface area contributed by atoms with Gasteiger partial charge >= 0.3 is 0 Å². The average Bonchev–Trinajstić information content (AvgIpc) is 2.10. The van der Waals surface area contributed by atoms with E-state index in [0.717, 1.165) is 25.8 Å². The van der Waals surface area contributed by atoms with Crippen molar-refractivity contribution in [1.29, 1.82) is 0 Å². The van der Waals surface area contributed by atoms with Gasteiger partial charge in [-0.2, -0.15) is 0 Å². The van der Waals surface area contributed by atoms with Crippen LogP contribution in [0.3, 0.4) is 0 Å². The quantitative estimate of drug-likeness (QED) is 0.783. The first-order valence-electron chi connectivity index (χ1n) is 5.76. The molecule has 2 fully saturated rings. The summed E-state index contributed by atoms with van der Waals surface area (Å²) in [6.45, 7) is 1.44. The molecule has 0 radical (unpaired) electrons. The third-order valence-corrected chi connectivity index (χ3v) is 3.78. The van der Waals surface area contributed by atoms with Crippen molar-refractivity contribution in [2.75, 3.05) is 26.2 Å². The van der Waals surface area contributed by atoms with Crippen LogP contribution in [0.25, 0.3) is 0 Å². The minimum absolute atomic E-state index is 0.0234. The van der Waals surface area contributed by atoms with Crippen molar-refractivity contribution in [2.45, 2.75) is 38.0 Å². The van der Waals surface area contributed by atoms with Gasteiger partial charge in [-0.25, -0.2) is 8.78 Å². The number of aliphatic hydroxyl groups excluding tert-OH is 1. The lowest BCUT2D eigenvalue weighted by molar-refractivity contribution is -0.0860. The Morgan fingerprint density at radius 1 is 1.13 bits per heavy atom. The molecule has 4 heteroatoms. The first-order valence-corrected chi connectivity index (χ1v) is 5.76. The van der Waals surface area contributed by atoms with Crippen LogP contribution < -0.4 is 0 Å². The van der Waals surface area contributed by atoms with Crippen LogP contribution in [-0.4, -0.2) is 42.2 Å². The van der Waals surface area contributed by atoms with E-state index in [0.29, 0.717) is 13.0 Å². The maximum atomic E-state index is 13.2. The van der Waals surface area contributed by atoms with Crippen LogP contribution in [0.15, 0.2) is 0 Å². The number of nitrogens with zero attached hydrogens (tertiary/aromatic N) is 1. The van der Waals surface area contributed by atoms with Gasteiger partial charge in [0.15, 0.2) is 0 Å². The van der Waals surface area contributed by atoms with E-state index in [1.807, 2.05) is 4.90 Å². The van der Waals surface area contributed by atoms with E-state index >= 15 is 0 Å². The maximum absolute atomic E-state index is 13.2. The Hall–Kier alpha value is -0.220. The molecule has 1 aliphatic carbocycles. The Balaban J connectivity index is 1.88. The van der Waals surface area contributed by atoms with Crippen molar-refractivity contribution >= 4 is 0 Å². The van der Waals surface area contributed by atoms with Crippen LogP contribution in [0.1, 0.15) is 32.1 Å². The molecule has 0 atom stereocenters. The van der Waals surface area contributed by atoms with Gasteiger partial charge in [0.1, 0.15) is 0 Å². The van der Waals surface area contributed by atoms with Crippen LogP contribution >= 0.6 is 0 Å². The van der Waals surface area contributed by atoms with Crippen molar-refractivity contribution in [3.05, 3.63) is 0 Å². The van der Waals surface area contributed by atoms with Gasteiger partial charge in [-0.15, -0.1) is 0 Å². The van der Waals surface area contributed by atoms with Crippen LogP contribution in [0.4, 0.5) is 8.78 Å². The van der Waals surface area contributed by atoms with Gasteiger partial charge in [0.25, 0.3) is 5.92 Å². The van der Waals surface area contributed by atoms with E-state index in [9.17, 15) is 13.9 Å². The molecule has 1 saturated carbocycles. The molecule has 2 nitrogen and oxygen atoms in total. The molecular weight excluding hydrogens is 200 g/mol. The second-order valence-corrected chi connectivity index (χ2v) is 5.18. The van der Waals surface area contributed by atoms with E-state index in [-0.39, 0.29) is 25.0 Å². The first kappa shape index (κ1) is 11.3. The highest BCUT2D eigenvalue weighted by Gasteiger charge is 2.42. The van der Waals surface area contributed by atoms with Gasteiger partial charge in [0.05, 0.1) is 6.54 Å². The molecule has 1 saturated heterocycles. The van der Waals surface area contributed by atoms with Crippen LogP contribution in [0.2, 0.25) is 0 Å². The second kappa shape index (κ2) is 3.98. The summed E-state index contributed by atoms with van der Waals surface area (Å²) in [5.41, 5.74) is -0.0621. The summed E-state index contributed by atoms with van der Waals surface area (Å²) >= 11 is 0. The molecule has 0 amide bonds. The number of alkyl halides is 2. The van der Waals surface area contributed by atoms with Gasteiger partial charge in [-0.3, -0.25) is 4.90 Å². The summed E-state index contributed by atoms with van der Waals surface area (Å²) in [4.78, 5) is 1.83. The molecule has 1 heterocycles. The van der Waals surface area contributed by atoms with Gasteiger partial charge in [0, 0.05) is 25.0 Å². The van der Waals surface area contributed by atoms with E-state index < -0.39 is 5.92 Å². The van der Waals surface area contributed by atoms with Crippen LogP contribution in [0, 0.1) is 5.41 Å². The molecule has 2 rings (SSSR count). The fourth-order valence-electron chi connectivity index (χ4n) is 2.70. The monoisotopic (exact) mass is 219 g/mol. The smallest absolute Gasteiger partial charge is 0.260 e. The van der Waals surface area contributed by atoms with Crippen molar-refractivity contribution in [3.8, 4) is 0 Å². The minimum Gasteiger partial charge on any atom is -0.396 e. The zero-order valence-corrected chi connectivity index (χ0v) is 9.01. The van der Waals surface area contributed by atoms with Gasteiger partial charge in [-0.1, -0.05) is 6.42 Å². The second-order valence-electron chi connectivity index (χ2n) is 5.18. The van der Waals surface area contributed by atoms with E-state index in [1.54, 1.807) is 0 Å². The maximum Gasteiger partial charge on any atom is 0.260 e. The molecular formula is C11H19F2NO. The summed E-state index contributed by atoms with van der Waals surface area (Å²) < 4.78 is 26.3. The largest absolute Gasteiger partial charge is 0.396 e. The molecule has 15 heavy (non-hydrogen) atoms. The van der Waals surface area contributed by atoms with Crippen molar-refractivity contribution in [1.82, 2.24) is 4.90 Å². The van der Waals surface area contributed by atoms with Gasteiger partial charge in [-0.05, 0) is 25.8 Å². The number of halogens is 2. The summed E-state index contributed by atoms with van der Waals surface area (Å²) in [6, 6.07) is 0. The number of piperidine rings is 1. The molecule has 0 aromatic rings. The summed E-state index contributed by atoms with van der Waals surface area (Å²) in [5.74, 6) is -2.52. The van der Waals surface area contributed by atoms with E-state index in [4.69, 9.17) is 0 Å². The minimum atomic E-state index is -2.52. The molecule has 0 aromatic heterocycles. The Labute approximate surface area is 89.3 Å². The zero-order chi connectivity index (χ0) is 10.9. The Bertz CT molecular complexity index is 223. The number of hydrogen-bond acceptors (Lipinski definition) is 2. The highest BCUT2D eigenvalue weighted by Crippen LogP contribution is 2.42. The third kappa shape index (κ3) is 2.48. The van der Waals surface area contributed by atoms with Crippen LogP contribution in [0.5, 0.6) is 0 Å². The number of hydrogen-bond donors (Lipinski definition) is 1. The molecule has 0 spiro atoms. The first-order chi connectivity index (χ1) is 7.05. The number of likely N-dealkylation sites (tertiary alicyclic amines) is 1. The molecule has 1 aliphatic heterocycles. The topological polar surface area (TPSA) is 23.5 Å². The van der Waals surface area contributed by atoms with Gasteiger partial charge < -0.3 is 5.11 Å². The molecule has 2 aliphatic rings. The van der Waals surface area contributed by atoms with E-state index in [2.05, 4.69) is 0 Å². The predicted octanol–water partition coefficient (Wildman–Crippen LogP) is 1.88. The summed E-state index contributed by atoms with van der Waals surface area (Å²) in [5, 5.41) is 9.28. The van der Waals surface area contributed by atoms with Crippen molar-refractivity contribution in [2.24, 2.45) is 5.41 Å². The normalized spacial score (nSPS) is 29.8. The Kier molecular flexibility index (Phi) is 2.99. The number of aliphatic hydroxyl groups is 1. The van der Waals surface area contributed by atoms with Crippen molar-refractivity contribution in [3.63, 3.8) is 0 Å². The summed E-state index contributed by atoms with van der Waals surface area (Å²) in [6.07, 6.45) is 3.71. The Morgan fingerprint density at radius 3 is 2.33 bits per heavy atom. The van der Waals surface area contributed by atoms with Gasteiger partial charge in [0.2, 0.25) is 0 Å². The molecule has 1 N–H and O–H groups in total.